The van der Waals surface area contributed by atoms with Gasteiger partial charge in [0.15, 0.2) is 0 Å². The number of nitrogens with zero attached hydrogens (tertiary/aromatic N) is 4. The molecule has 18 heavy (non-hydrogen) atoms. The number of hydrogen-bond donors (Lipinski definition) is 0. The van der Waals surface area contributed by atoms with Crippen LogP contribution in [0.3, 0.4) is 0 Å². The van der Waals surface area contributed by atoms with E-state index in [-0.39, 0.29) is 5.56 Å². The lowest BCUT2D eigenvalue weighted by atomic mass is 10.2. The maximum Gasteiger partial charge on any atom is 0.267 e. The van der Waals surface area contributed by atoms with E-state index in [9.17, 15) is 4.79 Å². The second-order valence-corrected chi connectivity index (χ2v) is 4.93. The van der Waals surface area contributed by atoms with Crippen molar-refractivity contribution in [1.82, 2.24) is 19.7 Å². The molecule has 0 amide bonds. The summed E-state index contributed by atoms with van der Waals surface area (Å²) in [6, 6.07) is 5.02. The average Bonchev–Trinajstić information content (AvgIpc) is 2.82. The predicted octanol–water partition coefficient (Wildman–Crippen LogP) is 2.20. The van der Waals surface area contributed by atoms with Crippen molar-refractivity contribution < 1.29 is 0 Å². The quantitative estimate of drug-likeness (QED) is 0.685. The van der Waals surface area contributed by atoms with Crippen molar-refractivity contribution in [2.45, 2.75) is 6.92 Å². The molecule has 0 spiro atoms. The molecular weight excluding hydrogens is 272 g/mol. The van der Waals surface area contributed by atoms with Gasteiger partial charge >= 0.3 is 0 Å². The van der Waals surface area contributed by atoms with E-state index in [0.717, 1.165) is 0 Å². The van der Waals surface area contributed by atoms with Gasteiger partial charge in [0.25, 0.3) is 5.56 Å². The zero-order valence-electron chi connectivity index (χ0n) is 9.29. The minimum Gasteiger partial charge on any atom is -0.268 e. The van der Waals surface area contributed by atoms with E-state index in [0.29, 0.717) is 26.9 Å². The summed E-state index contributed by atoms with van der Waals surface area (Å²) in [4.78, 5) is 16.7. The summed E-state index contributed by atoms with van der Waals surface area (Å²) in [5, 5.41) is 9.22. The molecule has 0 N–H and O–H groups in total. The second-order valence-electron chi connectivity index (χ2n) is 3.68. The fourth-order valence-corrected chi connectivity index (χ4v) is 2.53. The lowest BCUT2D eigenvalue weighted by molar-refractivity contribution is 0.862. The lowest BCUT2D eigenvalue weighted by Gasteiger charge is -2.06. The second kappa shape index (κ2) is 4.15. The molecule has 0 bridgehead atoms. The Bertz CT molecular complexity index is 782. The Morgan fingerprint density at radius 1 is 1.39 bits per heavy atom. The number of aryl methyl sites for hydroxylation is 1. The van der Waals surface area contributed by atoms with Crippen molar-refractivity contribution in [1.29, 1.82) is 0 Å². The van der Waals surface area contributed by atoms with Crippen LogP contribution < -0.4 is 5.56 Å². The minimum absolute atomic E-state index is 0.161. The van der Waals surface area contributed by atoms with Gasteiger partial charge in [-0.05, 0) is 25.1 Å². The molecule has 0 aliphatic heterocycles. The van der Waals surface area contributed by atoms with Crippen molar-refractivity contribution in [2.24, 2.45) is 0 Å². The molecule has 0 aliphatic rings. The van der Waals surface area contributed by atoms with Gasteiger partial charge in [0.1, 0.15) is 11.3 Å². The van der Waals surface area contributed by atoms with Crippen LogP contribution in [0.2, 0.25) is 5.02 Å². The fourth-order valence-electron chi connectivity index (χ4n) is 1.76. The first-order valence-corrected chi connectivity index (χ1v) is 6.38. The average molecular weight is 279 g/mol. The monoisotopic (exact) mass is 278 g/mol. The molecule has 7 heteroatoms. The van der Waals surface area contributed by atoms with Crippen LogP contribution in [0, 0.1) is 6.92 Å². The fraction of sp³-hybridized carbons (Fsp3) is 0.0909. The van der Waals surface area contributed by atoms with E-state index in [1.807, 2.05) is 0 Å². The Hall–Kier alpha value is -1.79. The van der Waals surface area contributed by atoms with Gasteiger partial charge in [0.2, 0.25) is 5.13 Å². The summed E-state index contributed by atoms with van der Waals surface area (Å²) in [5.41, 5.74) is 2.00. The van der Waals surface area contributed by atoms with Crippen molar-refractivity contribution in [3.8, 4) is 5.13 Å². The Morgan fingerprint density at radius 3 is 2.94 bits per heavy atom. The first-order chi connectivity index (χ1) is 8.66. The maximum absolute atomic E-state index is 12.4. The third kappa shape index (κ3) is 1.70. The summed E-state index contributed by atoms with van der Waals surface area (Å²) in [7, 11) is 0. The van der Waals surface area contributed by atoms with Crippen LogP contribution in [-0.2, 0) is 0 Å². The summed E-state index contributed by atoms with van der Waals surface area (Å²) < 4.78 is 1.45. The molecule has 3 aromatic rings. The Balaban J connectivity index is 2.42. The van der Waals surface area contributed by atoms with E-state index >= 15 is 0 Å². The molecular formula is C11H7ClN4OS. The van der Waals surface area contributed by atoms with Crippen LogP contribution >= 0.6 is 22.9 Å². The highest BCUT2D eigenvalue weighted by molar-refractivity contribution is 7.11. The van der Waals surface area contributed by atoms with Crippen molar-refractivity contribution in [3.05, 3.63) is 44.9 Å². The molecule has 90 valence electrons. The number of benzene rings is 1. The number of halogens is 1. The standard InChI is InChI=1S/C11H7ClN4OS/c1-6-14-9-4-7(12)2-3-8(9)10(17)16(6)11-15-13-5-18-11/h2-5H,1H3. The molecule has 0 saturated heterocycles. The molecule has 0 saturated carbocycles. The smallest absolute Gasteiger partial charge is 0.267 e. The van der Waals surface area contributed by atoms with Crippen LogP contribution in [0.5, 0.6) is 0 Å². The third-order valence-electron chi connectivity index (χ3n) is 2.54. The Kier molecular flexibility index (Phi) is 2.61. The van der Waals surface area contributed by atoms with Gasteiger partial charge < -0.3 is 0 Å². The van der Waals surface area contributed by atoms with Crippen molar-refractivity contribution >= 4 is 33.8 Å². The largest absolute Gasteiger partial charge is 0.268 e. The van der Waals surface area contributed by atoms with Gasteiger partial charge in [0.05, 0.1) is 10.9 Å². The summed E-state index contributed by atoms with van der Waals surface area (Å²) in [6.45, 7) is 1.75. The van der Waals surface area contributed by atoms with Gasteiger partial charge in [-0.1, -0.05) is 22.9 Å². The van der Waals surface area contributed by atoms with E-state index in [4.69, 9.17) is 11.6 Å². The molecule has 3 rings (SSSR count). The first-order valence-electron chi connectivity index (χ1n) is 5.12. The predicted molar refractivity (Wildman–Crippen MR) is 70.6 cm³/mol. The van der Waals surface area contributed by atoms with E-state index in [2.05, 4.69) is 15.2 Å². The van der Waals surface area contributed by atoms with Crippen LogP contribution in [0.4, 0.5) is 0 Å². The topological polar surface area (TPSA) is 60.7 Å². The Labute approximate surface area is 111 Å². The first kappa shape index (κ1) is 11.3. The summed E-state index contributed by atoms with van der Waals surface area (Å²) in [5.74, 6) is 0.562. The highest BCUT2D eigenvalue weighted by Gasteiger charge is 2.12. The molecule has 0 aliphatic carbocycles. The molecule has 5 nitrogen and oxygen atoms in total. The highest BCUT2D eigenvalue weighted by Crippen LogP contribution is 2.17. The Morgan fingerprint density at radius 2 is 2.22 bits per heavy atom. The van der Waals surface area contributed by atoms with Crippen LogP contribution in [0.1, 0.15) is 5.82 Å². The molecule has 1 aromatic carbocycles. The third-order valence-corrected chi connectivity index (χ3v) is 3.45. The molecule has 0 atom stereocenters. The lowest BCUT2D eigenvalue weighted by Crippen LogP contribution is -2.22. The van der Waals surface area contributed by atoms with Gasteiger partial charge in [0, 0.05) is 5.02 Å². The zero-order valence-corrected chi connectivity index (χ0v) is 10.9. The molecule has 0 radical (unpaired) electrons. The van der Waals surface area contributed by atoms with E-state index in [1.54, 1.807) is 30.6 Å². The van der Waals surface area contributed by atoms with Crippen LogP contribution in [0.15, 0.2) is 28.5 Å². The molecule has 0 fully saturated rings. The number of fused-ring (bicyclic) bond motifs is 1. The van der Waals surface area contributed by atoms with Gasteiger partial charge in [-0.3, -0.25) is 4.79 Å². The minimum atomic E-state index is -0.161. The number of aromatic nitrogens is 4. The van der Waals surface area contributed by atoms with Gasteiger partial charge in [-0.25, -0.2) is 9.55 Å². The maximum atomic E-state index is 12.4. The van der Waals surface area contributed by atoms with Gasteiger partial charge in [-0.2, -0.15) is 0 Å². The number of hydrogen-bond acceptors (Lipinski definition) is 5. The van der Waals surface area contributed by atoms with E-state index < -0.39 is 0 Å². The normalized spacial score (nSPS) is 11.0. The van der Waals surface area contributed by atoms with Crippen LogP contribution in [-0.4, -0.2) is 19.7 Å². The molecule has 2 aromatic heterocycles. The molecule has 2 heterocycles. The van der Waals surface area contributed by atoms with E-state index in [1.165, 1.54) is 15.9 Å². The zero-order chi connectivity index (χ0) is 12.7. The summed E-state index contributed by atoms with van der Waals surface area (Å²) >= 11 is 7.18. The summed E-state index contributed by atoms with van der Waals surface area (Å²) in [6.07, 6.45) is 0. The van der Waals surface area contributed by atoms with Crippen molar-refractivity contribution in [3.63, 3.8) is 0 Å². The molecule has 0 unspecified atom stereocenters. The SMILES string of the molecule is Cc1nc2cc(Cl)ccc2c(=O)n1-c1nncs1. The van der Waals surface area contributed by atoms with Gasteiger partial charge in [-0.15, -0.1) is 10.2 Å². The van der Waals surface area contributed by atoms with Crippen molar-refractivity contribution in [2.75, 3.05) is 0 Å². The number of rotatable bonds is 1. The van der Waals surface area contributed by atoms with Crippen LogP contribution in [0.25, 0.3) is 16.0 Å². The highest BCUT2D eigenvalue weighted by atomic mass is 35.5.